The number of hydrogen-bond acceptors (Lipinski definition) is 5. The molecule has 0 aliphatic carbocycles. The minimum atomic E-state index is 0. The first kappa shape index (κ1) is 24.5. The molecule has 0 atom stereocenters. The van der Waals surface area contributed by atoms with Crippen LogP contribution in [-0.2, 0) is 13.0 Å². The molecule has 1 aromatic carbocycles. The minimum absolute atomic E-state index is 0. The summed E-state index contributed by atoms with van der Waals surface area (Å²) in [5.74, 6) is 3.73. The Balaban J connectivity index is 0.00000341. The highest BCUT2D eigenvalue weighted by molar-refractivity contribution is 14.0. The Kier molecular flexibility index (Phi) is 10.7. The first-order valence-electron chi connectivity index (χ1n) is 10.1. The third kappa shape index (κ3) is 8.12. The van der Waals surface area contributed by atoms with Gasteiger partial charge in [0.2, 0.25) is 5.88 Å². The van der Waals surface area contributed by atoms with E-state index < -0.39 is 0 Å². The Morgan fingerprint density at radius 3 is 2.58 bits per heavy atom. The van der Waals surface area contributed by atoms with Gasteiger partial charge < -0.3 is 24.5 Å². The van der Waals surface area contributed by atoms with E-state index in [-0.39, 0.29) is 24.0 Å². The molecule has 2 heterocycles. The van der Waals surface area contributed by atoms with E-state index in [4.69, 9.17) is 13.9 Å². The summed E-state index contributed by atoms with van der Waals surface area (Å²) in [6, 6.07) is 15.3. The van der Waals surface area contributed by atoms with Crippen LogP contribution in [-0.4, -0.2) is 31.1 Å². The number of nitrogens with one attached hydrogen (secondary N) is 2. The molecular formula is C23H29IN4O3. The van der Waals surface area contributed by atoms with Crippen LogP contribution in [0.5, 0.6) is 17.4 Å². The van der Waals surface area contributed by atoms with Crippen LogP contribution in [0.1, 0.15) is 24.7 Å². The average molecular weight is 536 g/mol. The molecule has 0 bridgehead atoms. The van der Waals surface area contributed by atoms with Crippen LogP contribution >= 0.6 is 24.0 Å². The Bertz CT molecular complexity index is 915. The molecule has 8 heteroatoms. The summed E-state index contributed by atoms with van der Waals surface area (Å²) in [6.07, 6.45) is 5.16. The molecule has 0 amide bonds. The molecule has 2 aromatic heterocycles. The highest BCUT2D eigenvalue weighted by Gasteiger charge is 2.08. The van der Waals surface area contributed by atoms with Gasteiger partial charge in [0.15, 0.2) is 5.96 Å². The summed E-state index contributed by atoms with van der Waals surface area (Å²) in [4.78, 5) is 8.64. The normalized spacial score (nSPS) is 10.8. The molecule has 0 aliphatic heterocycles. The minimum Gasteiger partial charge on any atom is -0.494 e. The number of guanidine groups is 1. The fraction of sp³-hybridized carbons (Fsp3) is 0.304. The maximum atomic E-state index is 5.99. The lowest BCUT2D eigenvalue weighted by atomic mass is 10.2. The molecule has 31 heavy (non-hydrogen) atoms. The van der Waals surface area contributed by atoms with Crippen molar-refractivity contribution in [3.63, 3.8) is 0 Å². The summed E-state index contributed by atoms with van der Waals surface area (Å²) in [6.45, 7) is 4.03. The zero-order chi connectivity index (χ0) is 21.0. The van der Waals surface area contributed by atoms with Crippen LogP contribution in [0.15, 0.2) is 70.4 Å². The average Bonchev–Trinajstić information content (AvgIpc) is 3.30. The van der Waals surface area contributed by atoms with E-state index in [9.17, 15) is 0 Å². The van der Waals surface area contributed by atoms with Gasteiger partial charge in [-0.05, 0) is 48.9 Å². The van der Waals surface area contributed by atoms with Gasteiger partial charge in [-0.25, -0.2) is 4.98 Å². The molecule has 0 unspecified atom stereocenters. The van der Waals surface area contributed by atoms with Crippen molar-refractivity contribution < 1.29 is 13.9 Å². The predicted molar refractivity (Wildman–Crippen MR) is 133 cm³/mol. The van der Waals surface area contributed by atoms with Gasteiger partial charge in [-0.2, -0.15) is 0 Å². The van der Waals surface area contributed by atoms with Gasteiger partial charge in [0, 0.05) is 38.3 Å². The predicted octanol–water partition coefficient (Wildman–Crippen LogP) is 4.78. The molecule has 0 saturated carbocycles. The van der Waals surface area contributed by atoms with Gasteiger partial charge in [0.1, 0.15) is 17.3 Å². The maximum absolute atomic E-state index is 5.99. The number of halogens is 1. The largest absolute Gasteiger partial charge is 0.494 e. The number of aromatic nitrogens is 1. The van der Waals surface area contributed by atoms with Crippen molar-refractivity contribution in [2.75, 3.05) is 20.2 Å². The van der Waals surface area contributed by atoms with Gasteiger partial charge in [-0.1, -0.05) is 13.0 Å². The van der Waals surface area contributed by atoms with E-state index >= 15 is 0 Å². The van der Waals surface area contributed by atoms with Crippen molar-refractivity contribution in [3.05, 3.63) is 72.3 Å². The quantitative estimate of drug-likeness (QED) is 0.221. The Morgan fingerprint density at radius 1 is 1.06 bits per heavy atom. The lowest BCUT2D eigenvalue weighted by Gasteiger charge is -2.14. The van der Waals surface area contributed by atoms with Gasteiger partial charge in [0.25, 0.3) is 0 Å². The van der Waals surface area contributed by atoms with Crippen LogP contribution in [0.4, 0.5) is 0 Å². The molecule has 0 fully saturated rings. The van der Waals surface area contributed by atoms with Crippen LogP contribution < -0.4 is 20.1 Å². The van der Waals surface area contributed by atoms with E-state index in [2.05, 4.69) is 27.5 Å². The lowest BCUT2D eigenvalue weighted by molar-refractivity contribution is 0.317. The molecule has 0 aliphatic rings. The molecule has 3 aromatic rings. The van der Waals surface area contributed by atoms with Gasteiger partial charge in [-0.3, -0.25) is 4.99 Å². The van der Waals surface area contributed by atoms with Gasteiger partial charge in [0.05, 0.1) is 12.9 Å². The number of furan rings is 1. The summed E-state index contributed by atoms with van der Waals surface area (Å²) >= 11 is 0. The van der Waals surface area contributed by atoms with Crippen LogP contribution in [0.2, 0.25) is 0 Å². The summed E-state index contributed by atoms with van der Waals surface area (Å²) in [5, 5.41) is 6.57. The van der Waals surface area contributed by atoms with Crippen LogP contribution in [0.3, 0.4) is 0 Å². The zero-order valence-electron chi connectivity index (χ0n) is 17.8. The highest BCUT2D eigenvalue weighted by atomic mass is 127. The van der Waals surface area contributed by atoms with Crippen molar-refractivity contribution in [3.8, 4) is 17.4 Å². The summed E-state index contributed by atoms with van der Waals surface area (Å²) in [7, 11) is 1.74. The maximum Gasteiger partial charge on any atom is 0.224 e. The van der Waals surface area contributed by atoms with Crippen LogP contribution in [0, 0.1) is 0 Å². The first-order chi connectivity index (χ1) is 14.8. The smallest absolute Gasteiger partial charge is 0.224 e. The molecular weight excluding hydrogens is 507 g/mol. The second kappa shape index (κ2) is 13.5. The lowest BCUT2D eigenvalue weighted by Crippen LogP contribution is -2.37. The number of nitrogens with zero attached hydrogens (tertiary/aromatic N) is 2. The molecule has 0 radical (unpaired) electrons. The third-order valence-corrected chi connectivity index (χ3v) is 4.27. The number of ether oxygens (including phenoxy) is 2. The fourth-order valence-corrected chi connectivity index (χ4v) is 2.74. The molecule has 166 valence electrons. The number of rotatable bonds is 10. The monoisotopic (exact) mass is 536 g/mol. The molecule has 2 N–H and O–H groups in total. The Labute approximate surface area is 200 Å². The van der Waals surface area contributed by atoms with Crippen LogP contribution in [0.25, 0.3) is 0 Å². The zero-order valence-corrected chi connectivity index (χ0v) is 20.2. The van der Waals surface area contributed by atoms with Crippen molar-refractivity contribution in [1.82, 2.24) is 15.6 Å². The number of hydrogen-bond donors (Lipinski definition) is 2. The first-order valence-corrected chi connectivity index (χ1v) is 10.1. The molecule has 7 nitrogen and oxygen atoms in total. The SMILES string of the molecule is CCCOc1ccc(Oc2ncccc2CNC(=NC)NCCc2ccco2)cc1.I. The Hall–Kier alpha value is -2.75. The standard InChI is InChI=1S/C23H28N4O3.HI/c1-3-15-28-20-8-10-21(11-9-20)30-22-18(6-4-13-25-22)17-27-23(24-2)26-14-12-19-7-5-16-29-19;/h4-11,13,16H,3,12,14-15,17H2,1-2H3,(H2,24,26,27);1H. The van der Waals surface area contributed by atoms with Crippen molar-refractivity contribution in [2.24, 2.45) is 4.99 Å². The van der Waals surface area contributed by atoms with Crippen molar-refractivity contribution >= 4 is 29.9 Å². The highest BCUT2D eigenvalue weighted by Crippen LogP contribution is 2.25. The van der Waals surface area contributed by atoms with Crippen molar-refractivity contribution in [2.45, 2.75) is 26.3 Å². The second-order valence-corrected chi connectivity index (χ2v) is 6.57. The number of benzene rings is 1. The summed E-state index contributed by atoms with van der Waals surface area (Å²) < 4.78 is 16.9. The second-order valence-electron chi connectivity index (χ2n) is 6.57. The molecule has 3 rings (SSSR count). The van der Waals surface area contributed by atoms with E-state index in [0.29, 0.717) is 30.7 Å². The van der Waals surface area contributed by atoms with E-state index in [1.807, 2.05) is 48.5 Å². The molecule has 0 saturated heterocycles. The Morgan fingerprint density at radius 2 is 1.87 bits per heavy atom. The summed E-state index contributed by atoms with van der Waals surface area (Å²) in [5.41, 5.74) is 0.929. The topological polar surface area (TPSA) is 80.9 Å². The fourth-order valence-electron chi connectivity index (χ4n) is 2.74. The van der Waals surface area contributed by atoms with E-state index in [1.54, 1.807) is 19.5 Å². The number of aliphatic imine (C=N–C) groups is 1. The van der Waals surface area contributed by atoms with Gasteiger partial charge >= 0.3 is 0 Å². The van der Waals surface area contributed by atoms with Gasteiger partial charge in [-0.15, -0.1) is 24.0 Å². The van der Waals surface area contributed by atoms with E-state index in [0.717, 1.165) is 36.5 Å². The number of pyridine rings is 1. The van der Waals surface area contributed by atoms with E-state index in [1.165, 1.54) is 0 Å². The van der Waals surface area contributed by atoms with Crippen molar-refractivity contribution in [1.29, 1.82) is 0 Å². The third-order valence-electron chi connectivity index (χ3n) is 4.27. The molecule has 0 spiro atoms.